The van der Waals surface area contributed by atoms with Crippen LogP contribution in [0.25, 0.3) is 0 Å². The molecule has 0 amide bonds. The maximum Gasteiger partial charge on any atom is 0.312 e. The van der Waals surface area contributed by atoms with Crippen LogP contribution in [-0.2, 0) is 28.6 Å². The fraction of sp³-hybridized carbons (Fsp3) is 0.792. The molecule has 0 radical (unpaired) electrons. The molecule has 0 aromatic carbocycles. The van der Waals surface area contributed by atoms with E-state index in [0.717, 1.165) is 37.7 Å². The molecule has 2 saturated heterocycles. The van der Waals surface area contributed by atoms with Crippen LogP contribution in [0.5, 0.6) is 0 Å². The molecule has 6 aliphatic rings. The van der Waals surface area contributed by atoms with Gasteiger partial charge in [-0.15, -0.1) is 0 Å². The molecule has 30 heavy (non-hydrogen) atoms. The molecule has 2 heterocycles. The number of rotatable bonds is 1. The van der Waals surface area contributed by atoms with Gasteiger partial charge in [0.15, 0.2) is 0 Å². The summed E-state index contributed by atoms with van der Waals surface area (Å²) >= 11 is 0. The van der Waals surface area contributed by atoms with Gasteiger partial charge in [0.1, 0.15) is 17.0 Å². The summed E-state index contributed by atoms with van der Waals surface area (Å²) in [4.78, 5) is 37.4. The third-order valence-corrected chi connectivity index (χ3v) is 10.2. The highest BCUT2D eigenvalue weighted by atomic mass is 16.6. The summed E-state index contributed by atoms with van der Waals surface area (Å²) in [7, 11) is 1.44. The second kappa shape index (κ2) is 5.56. The number of esters is 2. The van der Waals surface area contributed by atoms with E-state index in [1.54, 1.807) is 0 Å². The van der Waals surface area contributed by atoms with Crippen molar-refractivity contribution in [2.75, 3.05) is 7.11 Å². The number of hydrogen-bond donors (Lipinski definition) is 0. The molecule has 6 nitrogen and oxygen atoms in total. The highest BCUT2D eigenvalue weighted by molar-refractivity contribution is 5.84. The van der Waals surface area contributed by atoms with Gasteiger partial charge in [0, 0.05) is 36.0 Å². The van der Waals surface area contributed by atoms with Crippen molar-refractivity contribution >= 4 is 17.7 Å². The lowest BCUT2D eigenvalue weighted by molar-refractivity contribution is -0.169. The van der Waals surface area contributed by atoms with Gasteiger partial charge < -0.3 is 14.2 Å². The molecular formula is C24H30O6. The summed E-state index contributed by atoms with van der Waals surface area (Å²) in [5, 5.41) is 0. The summed E-state index contributed by atoms with van der Waals surface area (Å²) < 4.78 is 17.9. The Hall–Kier alpha value is -1.69. The van der Waals surface area contributed by atoms with E-state index in [-0.39, 0.29) is 46.5 Å². The average Bonchev–Trinajstić information content (AvgIpc) is 3.20. The molecule has 6 rings (SSSR count). The molecule has 2 spiro atoms. The molecule has 0 aromatic heterocycles. The number of ketones is 1. The zero-order valence-electron chi connectivity index (χ0n) is 18.0. The van der Waals surface area contributed by atoms with Gasteiger partial charge in [-0.2, -0.15) is 0 Å². The van der Waals surface area contributed by atoms with Crippen molar-refractivity contribution in [3.05, 3.63) is 11.6 Å². The summed E-state index contributed by atoms with van der Waals surface area (Å²) in [5.74, 6) is -0.292. The zero-order chi connectivity index (χ0) is 21.1. The van der Waals surface area contributed by atoms with Crippen LogP contribution in [0.3, 0.4) is 0 Å². The number of carbonyl (C=O) groups excluding carboxylic acids is 3. The first-order chi connectivity index (χ1) is 14.2. The fourth-order valence-corrected chi connectivity index (χ4v) is 8.59. The van der Waals surface area contributed by atoms with Crippen LogP contribution in [0.15, 0.2) is 11.6 Å². The number of Topliss-reactive ketones (excluding diaryl/α,β-unsaturated/α-hetero) is 1. The van der Waals surface area contributed by atoms with Crippen molar-refractivity contribution in [3.63, 3.8) is 0 Å². The predicted molar refractivity (Wildman–Crippen MR) is 105 cm³/mol. The fourth-order valence-electron chi connectivity index (χ4n) is 8.59. The molecule has 0 N–H and O–H groups in total. The van der Waals surface area contributed by atoms with E-state index in [0.29, 0.717) is 19.3 Å². The minimum absolute atomic E-state index is 0.00525. The molecule has 0 bridgehead atoms. The van der Waals surface area contributed by atoms with Crippen LogP contribution in [0.4, 0.5) is 0 Å². The van der Waals surface area contributed by atoms with Gasteiger partial charge in [-0.1, -0.05) is 25.5 Å². The summed E-state index contributed by atoms with van der Waals surface area (Å²) in [5.41, 5.74) is -0.191. The smallest absolute Gasteiger partial charge is 0.312 e. The Morgan fingerprint density at radius 2 is 1.97 bits per heavy atom. The maximum absolute atomic E-state index is 13.0. The Morgan fingerprint density at radius 3 is 2.67 bits per heavy atom. The van der Waals surface area contributed by atoms with Crippen LogP contribution < -0.4 is 0 Å². The molecule has 2 unspecified atom stereocenters. The van der Waals surface area contributed by atoms with Gasteiger partial charge in [0.05, 0.1) is 19.1 Å². The highest BCUT2D eigenvalue weighted by Gasteiger charge is 2.83. The van der Waals surface area contributed by atoms with Gasteiger partial charge in [-0.05, 0) is 38.0 Å². The Balaban J connectivity index is 1.50. The van der Waals surface area contributed by atoms with Gasteiger partial charge in [0.2, 0.25) is 0 Å². The molecular weight excluding hydrogens is 384 g/mol. The molecule has 2 aliphatic heterocycles. The van der Waals surface area contributed by atoms with Crippen molar-refractivity contribution < 1.29 is 28.6 Å². The highest BCUT2D eigenvalue weighted by Crippen LogP contribution is 2.77. The lowest BCUT2D eigenvalue weighted by Crippen LogP contribution is -2.62. The summed E-state index contributed by atoms with van der Waals surface area (Å²) in [6, 6.07) is 0. The molecule has 0 aromatic rings. The minimum atomic E-state index is -0.430. The number of epoxide rings is 1. The van der Waals surface area contributed by atoms with Crippen LogP contribution in [-0.4, -0.2) is 42.1 Å². The van der Waals surface area contributed by atoms with Crippen molar-refractivity contribution in [2.45, 2.75) is 82.5 Å². The van der Waals surface area contributed by atoms with Crippen LogP contribution in [0, 0.1) is 28.6 Å². The van der Waals surface area contributed by atoms with Crippen LogP contribution in [0.1, 0.15) is 65.2 Å². The number of carbonyl (C=O) groups is 3. The number of hydrogen-bond acceptors (Lipinski definition) is 6. The van der Waals surface area contributed by atoms with Gasteiger partial charge in [-0.25, -0.2) is 0 Å². The van der Waals surface area contributed by atoms with E-state index in [1.165, 1.54) is 7.11 Å². The van der Waals surface area contributed by atoms with Crippen molar-refractivity contribution in [2.24, 2.45) is 28.6 Å². The first kappa shape index (κ1) is 19.0. The Morgan fingerprint density at radius 1 is 1.17 bits per heavy atom. The van der Waals surface area contributed by atoms with Crippen molar-refractivity contribution in [3.8, 4) is 0 Å². The van der Waals surface area contributed by atoms with E-state index >= 15 is 0 Å². The first-order valence-corrected chi connectivity index (χ1v) is 11.4. The third-order valence-electron chi connectivity index (χ3n) is 10.2. The zero-order valence-corrected chi connectivity index (χ0v) is 18.0. The molecule has 5 fully saturated rings. The van der Waals surface area contributed by atoms with E-state index in [2.05, 4.69) is 19.9 Å². The lowest BCUT2D eigenvalue weighted by Gasteiger charge is -2.57. The van der Waals surface area contributed by atoms with Gasteiger partial charge in [-0.3, -0.25) is 14.4 Å². The number of methoxy groups -OCH3 is 1. The molecule has 6 heteroatoms. The Bertz CT molecular complexity index is 907. The topological polar surface area (TPSA) is 82.2 Å². The molecule has 3 saturated carbocycles. The molecule has 162 valence electrons. The van der Waals surface area contributed by atoms with Crippen LogP contribution in [0.2, 0.25) is 0 Å². The second-order valence-corrected chi connectivity index (χ2v) is 10.9. The van der Waals surface area contributed by atoms with Gasteiger partial charge >= 0.3 is 11.9 Å². The van der Waals surface area contributed by atoms with Crippen molar-refractivity contribution in [1.29, 1.82) is 0 Å². The van der Waals surface area contributed by atoms with Gasteiger partial charge in [0.25, 0.3) is 0 Å². The Kier molecular flexibility index (Phi) is 3.53. The molecule has 8 atom stereocenters. The SMILES string of the molecule is COC(=O)[C@@H]1C=C2CC(=O)CC[C@]2(C)[C@@]23O[C@@H]2C[C@@]2(C)C(CC[C@@]24CCC(=O)O4)C13. The first-order valence-electron chi connectivity index (χ1n) is 11.4. The monoisotopic (exact) mass is 414 g/mol. The van der Waals surface area contributed by atoms with E-state index < -0.39 is 17.1 Å². The maximum atomic E-state index is 13.0. The van der Waals surface area contributed by atoms with E-state index in [4.69, 9.17) is 14.2 Å². The lowest BCUT2D eigenvalue weighted by atomic mass is 9.44. The van der Waals surface area contributed by atoms with Crippen LogP contribution >= 0.6 is 0 Å². The average molecular weight is 414 g/mol. The minimum Gasteiger partial charge on any atom is -0.469 e. The largest absolute Gasteiger partial charge is 0.469 e. The number of fused-ring (bicyclic) bond motifs is 4. The Labute approximate surface area is 176 Å². The number of ether oxygens (including phenoxy) is 3. The standard InChI is InChI=1S/C24H30O6/c1-21-7-4-14(25)10-13(21)11-15(20(27)28-3)19-16-5-8-23(9-6-18(26)30-23)22(16,2)12-17-24(19,21)29-17/h11,15-17,19H,4-10,12H2,1-3H3/t15-,16?,17-,19?,21+,22+,23-,24-/m1/s1. The second-order valence-electron chi connectivity index (χ2n) is 10.9. The summed E-state index contributed by atoms with van der Waals surface area (Å²) in [6.45, 7) is 4.50. The third kappa shape index (κ3) is 1.94. The van der Waals surface area contributed by atoms with Crippen molar-refractivity contribution in [1.82, 2.24) is 0 Å². The predicted octanol–water partition coefficient (Wildman–Crippen LogP) is 3.12. The molecule has 4 aliphatic carbocycles. The normalized spacial score (nSPS) is 53.2. The van der Waals surface area contributed by atoms with E-state index in [1.807, 2.05) is 0 Å². The van der Waals surface area contributed by atoms with E-state index in [9.17, 15) is 14.4 Å². The summed E-state index contributed by atoms with van der Waals surface area (Å²) in [6.07, 6.45) is 7.74. The quantitative estimate of drug-likeness (QED) is 0.372.